The van der Waals surface area contributed by atoms with Crippen molar-refractivity contribution in [1.29, 1.82) is 0 Å². The van der Waals surface area contributed by atoms with E-state index < -0.39 is 46.8 Å². The first-order chi connectivity index (χ1) is 22.2. The number of fused-ring (bicyclic) bond motifs is 1. The maximum Gasteiger partial charge on any atom is 0.419 e. The van der Waals surface area contributed by atoms with Crippen molar-refractivity contribution in [2.45, 2.75) is 24.8 Å². The maximum atomic E-state index is 13.8. The highest BCUT2D eigenvalue weighted by atomic mass is 32.1. The van der Waals surface area contributed by atoms with Gasteiger partial charge in [-0.15, -0.1) is 11.3 Å². The predicted molar refractivity (Wildman–Crippen MR) is 163 cm³/mol. The molecule has 1 aromatic heterocycles. The Hall–Kier alpha value is -4.41. The van der Waals surface area contributed by atoms with E-state index in [1.165, 1.54) is 7.11 Å². The highest BCUT2D eigenvalue weighted by Gasteiger charge is 2.35. The van der Waals surface area contributed by atoms with Gasteiger partial charge in [0.2, 0.25) is 0 Å². The van der Waals surface area contributed by atoms with E-state index in [-0.39, 0.29) is 44.6 Å². The van der Waals surface area contributed by atoms with Gasteiger partial charge in [0.1, 0.15) is 16.4 Å². The van der Waals surface area contributed by atoms with Crippen LogP contribution in [0.5, 0.6) is 5.75 Å². The van der Waals surface area contributed by atoms with E-state index in [1.807, 2.05) is 4.90 Å². The lowest BCUT2D eigenvalue weighted by atomic mass is 10.1. The van der Waals surface area contributed by atoms with Crippen molar-refractivity contribution < 1.29 is 50.2 Å². The van der Waals surface area contributed by atoms with Gasteiger partial charge in [0, 0.05) is 47.1 Å². The molecular weight excluding hydrogens is 657 g/mol. The molecule has 0 saturated carbocycles. The van der Waals surface area contributed by atoms with Crippen molar-refractivity contribution in [2.75, 3.05) is 48.9 Å². The summed E-state index contributed by atoms with van der Waals surface area (Å²) in [6.07, 6.45) is -9.00. The first-order valence-electron chi connectivity index (χ1n) is 14.1. The fraction of sp³-hybridized carbons (Fsp3) is 0.290. The molecule has 3 aromatic carbocycles. The number of aliphatic hydroxyl groups excluding tert-OH is 1. The van der Waals surface area contributed by atoms with Gasteiger partial charge in [-0.25, -0.2) is 4.39 Å². The molecule has 0 spiro atoms. The number of halogens is 7. The molecule has 5 rings (SSSR count). The van der Waals surface area contributed by atoms with Crippen LogP contribution >= 0.6 is 11.3 Å². The first kappa shape index (κ1) is 33.9. The van der Waals surface area contributed by atoms with E-state index >= 15 is 0 Å². The molecular formula is C31H27F7N4O4S. The van der Waals surface area contributed by atoms with Crippen LogP contribution in [0.25, 0.3) is 10.1 Å². The molecule has 1 saturated heterocycles. The minimum atomic E-state index is -5.06. The third kappa shape index (κ3) is 7.44. The van der Waals surface area contributed by atoms with Gasteiger partial charge in [-0.2, -0.15) is 26.3 Å². The highest BCUT2D eigenvalue weighted by molar-refractivity contribution is 7.21. The van der Waals surface area contributed by atoms with Gasteiger partial charge in [-0.3, -0.25) is 9.59 Å². The Labute approximate surface area is 267 Å². The largest absolute Gasteiger partial charge is 0.496 e. The number of amides is 2. The number of thiophene rings is 1. The molecule has 4 aromatic rings. The summed E-state index contributed by atoms with van der Waals surface area (Å²) in [6.45, 7) is 1.65. The zero-order chi connectivity index (χ0) is 34.1. The second kappa shape index (κ2) is 13.4. The second-order valence-electron chi connectivity index (χ2n) is 10.6. The number of anilines is 3. The lowest BCUT2D eigenvalue weighted by Gasteiger charge is -2.21. The molecule has 47 heavy (non-hydrogen) atoms. The Bertz CT molecular complexity index is 1810. The first-order valence-corrected chi connectivity index (χ1v) is 14.9. The van der Waals surface area contributed by atoms with Gasteiger partial charge in [0.15, 0.2) is 0 Å². The molecule has 0 aliphatic carbocycles. The highest BCUT2D eigenvalue weighted by Crippen LogP contribution is 2.41. The van der Waals surface area contributed by atoms with E-state index in [9.17, 15) is 40.3 Å². The number of carbonyl (C=O) groups is 2. The molecule has 8 nitrogen and oxygen atoms in total. The van der Waals surface area contributed by atoms with Crippen LogP contribution < -0.4 is 25.6 Å². The van der Waals surface area contributed by atoms with Crippen molar-refractivity contribution in [2.24, 2.45) is 0 Å². The Morgan fingerprint density at radius 3 is 2.43 bits per heavy atom. The summed E-state index contributed by atoms with van der Waals surface area (Å²) in [7, 11) is 1.34. The van der Waals surface area contributed by atoms with Gasteiger partial charge in [0.25, 0.3) is 11.8 Å². The smallest absolute Gasteiger partial charge is 0.419 e. The van der Waals surface area contributed by atoms with Crippen LogP contribution in [0.3, 0.4) is 0 Å². The number of nitrogens with zero attached hydrogens (tertiary/aromatic N) is 1. The van der Waals surface area contributed by atoms with Crippen molar-refractivity contribution in [3.8, 4) is 5.75 Å². The minimum absolute atomic E-state index is 0.0172. The number of alkyl halides is 6. The average molecular weight is 685 g/mol. The molecule has 1 atom stereocenters. The normalized spacial score (nSPS) is 15.3. The Morgan fingerprint density at radius 1 is 0.979 bits per heavy atom. The number of methoxy groups -OCH3 is 1. The van der Waals surface area contributed by atoms with E-state index in [1.54, 1.807) is 18.2 Å². The number of ether oxygens (including phenoxy) is 1. The van der Waals surface area contributed by atoms with E-state index in [0.717, 1.165) is 30.7 Å². The molecule has 4 N–H and O–H groups in total. The van der Waals surface area contributed by atoms with E-state index in [0.29, 0.717) is 48.8 Å². The van der Waals surface area contributed by atoms with E-state index in [4.69, 9.17) is 9.84 Å². The third-order valence-corrected chi connectivity index (χ3v) is 8.67. The van der Waals surface area contributed by atoms with Crippen molar-refractivity contribution in [3.05, 3.63) is 82.0 Å². The molecule has 2 heterocycles. The number of hydrogen-bond donors (Lipinski definition) is 4. The van der Waals surface area contributed by atoms with Crippen LogP contribution in [0.1, 0.15) is 37.6 Å². The van der Waals surface area contributed by atoms with Gasteiger partial charge < -0.3 is 30.7 Å². The van der Waals surface area contributed by atoms with Gasteiger partial charge in [-0.1, -0.05) is 6.07 Å². The summed E-state index contributed by atoms with van der Waals surface area (Å²) in [6, 6.07) is 9.45. The van der Waals surface area contributed by atoms with Crippen LogP contribution in [0.15, 0.2) is 54.6 Å². The monoisotopic (exact) mass is 684 g/mol. The van der Waals surface area contributed by atoms with Crippen LogP contribution in [0.2, 0.25) is 0 Å². The van der Waals surface area contributed by atoms with Crippen LogP contribution in [-0.2, 0) is 12.4 Å². The number of carbonyl (C=O) groups excluding carboxylic acids is 2. The summed E-state index contributed by atoms with van der Waals surface area (Å²) in [5.74, 6) is -3.22. The van der Waals surface area contributed by atoms with Crippen LogP contribution in [-0.4, -0.2) is 56.3 Å². The van der Waals surface area contributed by atoms with Gasteiger partial charge in [0.05, 0.1) is 36.1 Å². The Kier molecular flexibility index (Phi) is 9.65. The van der Waals surface area contributed by atoms with Crippen molar-refractivity contribution in [1.82, 2.24) is 5.32 Å². The summed E-state index contributed by atoms with van der Waals surface area (Å²) >= 11 is 0.584. The molecule has 1 fully saturated rings. The summed E-state index contributed by atoms with van der Waals surface area (Å²) < 4.78 is 99.5. The molecule has 1 aliphatic rings. The standard InChI is InChI=1S/C31H27F7N4O4S/c1-46-24-7-4-19(42-10-8-18(15-42)39-9-11-43)14-21(24)28(44)41-26-20-5-2-16(30(33,34)35)12-25(20)47-27(26)29(45)40-17-3-6-23(32)22(13-17)31(36,37)38/h2-7,12-14,18,39,43H,8-11,15H2,1H3,(H,40,45)(H,41,44). The van der Waals surface area contributed by atoms with Crippen LogP contribution in [0.4, 0.5) is 47.8 Å². The minimum Gasteiger partial charge on any atom is -0.496 e. The fourth-order valence-electron chi connectivity index (χ4n) is 5.25. The lowest BCUT2D eigenvalue weighted by Crippen LogP contribution is -2.34. The Balaban J connectivity index is 1.50. The molecule has 250 valence electrons. The zero-order valence-corrected chi connectivity index (χ0v) is 25.3. The van der Waals surface area contributed by atoms with Gasteiger partial charge in [-0.05, 0) is 55.0 Å². The molecule has 0 bridgehead atoms. The molecule has 16 heteroatoms. The predicted octanol–water partition coefficient (Wildman–Crippen LogP) is 6.75. The third-order valence-electron chi connectivity index (χ3n) is 7.52. The number of rotatable bonds is 9. The quantitative estimate of drug-likeness (QED) is 0.146. The average Bonchev–Trinajstić information content (AvgIpc) is 3.64. The lowest BCUT2D eigenvalue weighted by molar-refractivity contribution is -0.140. The summed E-state index contributed by atoms with van der Waals surface area (Å²) in [5.41, 5.74) is -2.54. The SMILES string of the molecule is COc1ccc(N2CCC(NCCO)C2)cc1C(=O)Nc1c(C(=O)Nc2ccc(F)c(C(F)(F)F)c2)sc2cc(C(F)(F)F)ccc12. The van der Waals surface area contributed by atoms with Crippen molar-refractivity contribution >= 4 is 50.3 Å². The molecule has 0 radical (unpaired) electrons. The number of benzene rings is 3. The topological polar surface area (TPSA) is 103 Å². The number of hydrogen-bond acceptors (Lipinski definition) is 7. The molecule has 1 unspecified atom stereocenters. The molecule has 2 amide bonds. The van der Waals surface area contributed by atoms with Crippen molar-refractivity contribution in [3.63, 3.8) is 0 Å². The van der Waals surface area contributed by atoms with Crippen LogP contribution in [0, 0.1) is 5.82 Å². The Morgan fingerprint density at radius 2 is 1.74 bits per heavy atom. The fourth-order valence-corrected chi connectivity index (χ4v) is 6.34. The maximum absolute atomic E-state index is 13.8. The van der Waals surface area contributed by atoms with E-state index in [2.05, 4.69) is 16.0 Å². The summed E-state index contributed by atoms with van der Waals surface area (Å²) in [4.78, 5) is 28.8. The number of nitrogens with one attached hydrogen (secondary N) is 3. The second-order valence-corrected chi connectivity index (χ2v) is 11.7. The summed E-state index contributed by atoms with van der Waals surface area (Å²) in [5, 5.41) is 17.2. The van der Waals surface area contributed by atoms with Gasteiger partial charge >= 0.3 is 12.4 Å². The molecule has 1 aliphatic heterocycles. The number of aliphatic hydroxyl groups is 1. The zero-order valence-electron chi connectivity index (χ0n) is 24.5.